The predicted molar refractivity (Wildman–Crippen MR) is 88.8 cm³/mol. The van der Waals surface area contributed by atoms with Crippen LogP contribution >= 0.6 is 0 Å². The number of benzene rings is 2. The van der Waals surface area contributed by atoms with Crippen LogP contribution in [0.5, 0.6) is 5.75 Å². The lowest BCUT2D eigenvalue weighted by atomic mass is 10.2. The van der Waals surface area contributed by atoms with Crippen molar-refractivity contribution < 1.29 is 18.8 Å². The number of ether oxygens (including phenoxy) is 1. The average molecular weight is 328 g/mol. The van der Waals surface area contributed by atoms with E-state index in [9.17, 15) is 9.18 Å². The van der Waals surface area contributed by atoms with Gasteiger partial charge in [-0.25, -0.2) is 4.39 Å². The van der Waals surface area contributed by atoms with Gasteiger partial charge < -0.3 is 15.3 Å². The highest BCUT2D eigenvalue weighted by molar-refractivity contribution is 5.97. The average Bonchev–Trinajstić information content (AvgIpc) is 2.57. The van der Waals surface area contributed by atoms with E-state index in [0.29, 0.717) is 12.4 Å². The van der Waals surface area contributed by atoms with Crippen molar-refractivity contribution in [2.24, 2.45) is 10.9 Å². The monoisotopic (exact) mass is 328 g/mol. The Morgan fingerprint density at radius 2 is 2.00 bits per heavy atom. The largest absolute Gasteiger partial charge is 0.489 e. The van der Waals surface area contributed by atoms with Crippen LogP contribution < -0.4 is 10.5 Å². The molecule has 0 radical (unpaired) electrons. The number of carbonyl (C=O) groups is 1. The predicted octanol–water partition coefficient (Wildman–Crippen LogP) is 3.14. The molecule has 2 rings (SSSR count). The summed E-state index contributed by atoms with van der Waals surface area (Å²) in [5.74, 6) is -0.545. The number of amidine groups is 1. The normalized spacial score (nSPS) is 11.5. The number of hydrogen-bond acceptors (Lipinski definition) is 4. The van der Waals surface area contributed by atoms with Crippen LogP contribution in [0.25, 0.3) is 0 Å². The van der Waals surface area contributed by atoms with Crippen molar-refractivity contribution in [3.8, 4) is 5.75 Å². The first-order chi connectivity index (χ1) is 11.6. The molecule has 0 heterocycles. The van der Waals surface area contributed by atoms with Crippen LogP contribution in [0.4, 0.5) is 4.39 Å². The Morgan fingerprint density at radius 1 is 1.25 bits per heavy atom. The highest BCUT2D eigenvalue weighted by Gasteiger charge is 2.09. The lowest BCUT2D eigenvalue weighted by molar-refractivity contribution is -0.112. The van der Waals surface area contributed by atoms with Gasteiger partial charge in [-0.3, -0.25) is 4.79 Å². The second-order valence-electron chi connectivity index (χ2n) is 4.91. The Kier molecular flexibility index (Phi) is 6.08. The number of carbonyl (C=O) groups excluding carboxylic acids is 1. The van der Waals surface area contributed by atoms with E-state index < -0.39 is 5.82 Å². The first-order valence-corrected chi connectivity index (χ1v) is 7.19. The molecule has 0 bridgehead atoms. The molecule has 24 heavy (non-hydrogen) atoms. The van der Waals surface area contributed by atoms with Crippen LogP contribution in [0.15, 0.2) is 66.0 Å². The molecule has 5 nitrogen and oxygen atoms in total. The number of ketones is 1. The Morgan fingerprint density at radius 3 is 2.67 bits per heavy atom. The van der Waals surface area contributed by atoms with Crippen LogP contribution in [0.2, 0.25) is 0 Å². The summed E-state index contributed by atoms with van der Waals surface area (Å²) in [5.41, 5.74) is 6.72. The molecule has 124 valence electrons. The van der Waals surface area contributed by atoms with Crippen molar-refractivity contribution in [2.75, 3.05) is 0 Å². The van der Waals surface area contributed by atoms with Gasteiger partial charge in [0.2, 0.25) is 0 Å². The summed E-state index contributed by atoms with van der Waals surface area (Å²) in [6.07, 6.45) is 2.25. The zero-order valence-corrected chi connectivity index (χ0v) is 13.1. The molecule has 2 aromatic rings. The summed E-state index contributed by atoms with van der Waals surface area (Å²) in [6, 6.07) is 13.8. The maximum atomic E-state index is 14.1. The zero-order valence-electron chi connectivity index (χ0n) is 13.1. The van der Waals surface area contributed by atoms with Gasteiger partial charge in [0.25, 0.3) is 0 Å². The maximum absolute atomic E-state index is 14.1. The van der Waals surface area contributed by atoms with Crippen molar-refractivity contribution in [2.45, 2.75) is 13.5 Å². The van der Waals surface area contributed by atoms with Gasteiger partial charge in [0.05, 0.1) is 5.56 Å². The van der Waals surface area contributed by atoms with Gasteiger partial charge in [0.1, 0.15) is 24.4 Å². The van der Waals surface area contributed by atoms with Crippen LogP contribution in [0.3, 0.4) is 0 Å². The molecular weight excluding hydrogens is 311 g/mol. The summed E-state index contributed by atoms with van der Waals surface area (Å²) in [5, 5.41) is 3.53. The molecule has 0 fully saturated rings. The maximum Gasteiger partial charge on any atom is 0.173 e. The summed E-state index contributed by atoms with van der Waals surface area (Å²) in [7, 11) is 0. The Bertz CT molecular complexity index is 758. The molecule has 0 aliphatic carbocycles. The van der Waals surface area contributed by atoms with E-state index in [2.05, 4.69) is 5.16 Å². The van der Waals surface area contributed by atoms with Crippen molar-refractivity contribution in [1.82, 2.24) is 0 Å². The second kappa shape index (κ2) is 8.47. The molecule has 0 saturated carbocycles. The van der Waals surface area contributed by atoms with Gasteiger partial charge in [-0.15, -0.1) is 0 Å². The standard InChI is InChI=1S/C18H17FN2O3/c1-13(22)9-10-24-21-18(20)16-8-7-15(11-17(16)19)23-12-14-5-3-2-4-6-14/h2-11H,12H2,1H3,(H2,20,21). The lowest BCUT2D eigenvalue weighted by Gasteiger charge is -2.08. The smallest absolute Gasteiger partial charge is 0.173 e. The molecule has 2 N–H and O–H groups in total. The second-order valence-corrected chi connectivity index (χ2v) is 4.91. The van der Waals surface area contributed by atoms with E-state index in [1.165, 1.54) is 25.1 Å². The molecule has 0 unspecified atom stereocenters. The molecule has 0 aliphatic heterocycles. The molecule has 6 heteroatoms. The quantitative estimate of drug-likeness (QED) is 0.279. The number of nitrogens with zero attached hydrogens (tertiary/aromatic N) is 1. The highest BCUT2D eigenvalue weighted by Crippen LogP contribution is 2.18. The molecule has 2 aromatic carbocycles. The van der Waals surface area contributed by atoms with E-state index in [4.69, 9.17) is 15.3 Å². The zero-order chi connectivity index (χ0) is 17.4. The number of hydrogen-bond donors (Lipinski definition) is 1. The fraction of sp³-hybridized carbons (Fsp3) is 0.111. The van der Waals surface area contributed by atoms with Crippen LogP contribution in [-0.2, 0) is 16.2 Å². The molecule has 0 aliphatic rings. The topological polar surface area (TPSA) is 73.9 Å². The van der Waals surface area contributed by atoms with E-state index >= 15 is 0 Å². The number of nitrogens with two attached hydrogens (primary N) is 1. The van der Waals surface area contributed by atoms with Crippen molar-refractivity contribution in [1.29, 1.82) is 0 Å². The molecule has 0 amide bonds. The summed E-state index contributed by atoms with van der Waals surface area (Å²) in [4.78, 5) is 15.4. The van der Waals surface area contributed by atoms with E-state index in [-0.39, 0.29) is 17.2 Å². The first kappa shape index (κ1) is 17.2. The van der Waals surface area contributed by atoms with Gasteiger partial charge in [-0.1, -0.05) is 35.5 Å². The number of oxime groups is 1. The van der Waals surface area contributed by atoms with Gasteiger partial charge in [-0.2, -0.15) is 0 Å². The summed E-state index contributed by atoms with van der Waals surface area (Å²) < 4.78 is 19.6. The summed E-state index contributed by atoms with van der Waals surface area (Å²) >= 11 is 0. The fourth-order valence-electron chi connectivity index (χ4n) is 1.80. The van der Waals surface area contributed by atoms with Gasteiger partial charge in [0, 0.05) is 12.1 Å². The van der Waals surface area contributed by atoms with Crippen LogP contribution in [0.1, 0.15) is 18.1 Å². The van der Waals surface area contributed by atoms with Crippen LogP contribution in [-0.4, -0.2) is 11.6 Å². The molecule has 0 aromatic heterocycles. The first-order valence-electron chi connectivity index (χ1n) is 7.19. The SMILES string of the molecule is CC(=O)C=CO/N=C(\N)c1ccc(OCc2ccccc2)cc1F. The molecular formula is C18H17FN2O3. The lowest BCUT2D eigenvalue weighted by Crippen LogP contribution is -2.15. The fourth-order valence-corrected chi connectivity index (χ4v) is 1.80. The minimum atomic E-state index is -0.582. The number of halogens is 1. The Labute approximate surface area is 139 Å². The van der Waals surface area contributed by atoms with E-state index in [1.54, 1.807) is 6.07 Å². The molecule has 0 saturated heterocycles. The number of rotatable bonds is 7. The Balaban J connectivity index is 2.00. The summed E-state index contributed by atoms with van der Waals surface area (Å²) in [6.45, 7) is 1.70. The Hall–Kier alpha value is -3.15. The third-order valence-electron chi connectivity index (χ3n) is 2.98. The van der Waals surface area contributed by atoms with Crippen molar-refractivity contribution in [3.63, 3.8) is 0 Å². The minimum Gasteiger partial charge on any atom is -0.489 e. The van der Waals surface area contributed by atoms with Crippen molar-refractivity contribution >= 4 is 11.6 Å². The van der Waals surface area contributed by atoms with Crippen molar-refractivity contribution in [3.05, 3.63) is 77.8 Å². The van der Waals surface area contributed by atoms with Gasteiger partial charge >= 0.3 is 0 Å². The number of allylic oxidation sites excluding steroid dienone is 1. The van der Waals surface area contributed by atoms with E-state index in [0.717, 1.165) is 11.8 Å². The highest BCUT2D eigenvalue weighted by atomic mass is 19.1. The van der Waals surface area contributed by atoms with Gasteiger partial charge in [-0.05, 0) is 24.6 Å². The van der Waals surface area contributed by atoms with Crippen LogP contribution in [0, 0.1) is 5.82 Å². The third-order valence-corrected chi connectivity index (χ3v) is 2.98. The minimum absolute atomic E-state index is 0.0817. The molecule has 0 spiro atoms. The third kappa shape index (κ3) is 5.24. The van der Waals surface area contributed by atoms with Gasteiger partial charge in [0.15, 0.2) is 11.6 Å². The molecule has 0 atom stereocenters. The van der Waals surface area contributed by atoms with E-state index in [1.807, 2.05) is 30.3 Å².